The highest BCUT2D eigenvalue weighted by molar-refractivity contribution is 5.96. The van der Waals surface area contributed by atoms with E-state index in [0.717, 1.165) is 0 Å². The zero-order valence-electron chi connectivity index (χ0n) is 13.0. The number of fused-ring (bicyclic) bond motifs is 1. The zero-order valence-corrected chi connectivity index (χ0v) is 13.0. The molecule has 0 fully saturated rings. The first-order valence-corrected chi connectivity index (χ1v) is 7.06. The average Bonchev–Trinajstić information content (AvgIpc) is 2.94. The molecule has 2 aliphatic rings. The van der Waals surface area contributed by atoms with Crippen LogP contribution in [0.15, 0.2) is 41.5 Å². The number of ether oxygens (including phenoxy) is 1. The summed E-state index contributed by atoms with van der Waals surface area (Å²) in [4.78, 5) is 35.1. The summed E-state index contributed by atoms with van der Waals surface area (Å²) in [5.74, 6) is -0.793. The number of methoxy groups -OCH3 is 1. The number of benzene rings is 1. The molecule has 122 valence electrons. The van der Waals surface area contributed by atoms with Gasteiger partial charge in [0.25, 0.3) is 5.56 Å². The van der Waals surface area contributed by atoms with E-state index in [-0.39, 0.29) is 22.7 Å². The Labute approximate surface area is 136 Å². The van der Waals surface area contributed by atoms with Crippen molar-refractivity contribution in [3.8, 4) is 16.9 Å². The van der Waals surface area contributed by atoms with E-state index in [4.69, 9.17) is 4.74 Å². The first kappa shape index (κ1) is 15.5. The third kappa shape index (κ3) is 2.76. The molecule has 0 spiro atoms. The Hall–Kier alpha value is -3.42. The van der Waals surface area contributed by atoms with E-state index in [9.17, 15) is 14.4 Å². The van der Waals surface area contributed by atoms with Crippen molar-refractivity contribution in [1.29, 1.82) is 0 Å². The molecule has 1 amide bonds. The van der Waals surface area contributed by atoms with Gasteiger partial charge in [0, 0.05) is 30.7 Å². The predicted molar refractivity (Wildman–Crippen MR) is 86.4 cm³/mol. The van der Waals surface area contributed by atoms with Crippen LogP contribution < -0.4 is 10.9 Å². The molecule has 0 bridgehead atoms. The van der Waals surface area contributed by atoms with Crippen LogP contribution in [0.4, 0.5) is 5.69 Å². The smallest absolute Gasteiger partial charge is 0.341 e. The average molecular weight is 326 g/mol. The number of nitrogens with one attached hydrogen (secondary N) is 2. The number of anilines is 1. The third-order valence-electron chi connectivity index (χ3n) is 3.43. The molecule has 0 aliphatic carbocycles. The van der Waals surface area contributed by atoms with E-state index in [1.165, 1.54) is 20.2 Å². The number of hydrogen-bond donors (Lipinski definition) is 2. The molecule has 1 aromatic carbocycles. The Morgan fingerprint density at radius 2 is 2.08 bits per heavy atom. The fraction of sp³-hybridized carbons (Fsp3) is 0.125. The van der Waals surface area contributed by atoms with Gasteiger partial charge in [0.15, 0.2) is 0 Å². The van der Waals surface area contributed by atoms with Crippen molar-refractivity contribution in [2.75, 3.05) is 12.4 Å². The molecule has 0 saturated heterocycles. The van der Waals surface area contributed by atoms with Gasteiger partial charge in [-0.3, -0.25) is 9.59 Å². The van der Waals surface area contributed by atoms with Crippen LogP contribution in [-0.4, -0.2) is 33.8 Å². The number of rotatable bonds is 3. The highest BCUT2D eigenvalue weighted by atomic mass is 16.5. The maximum absolute atomic E-state index is 12.0. The second-order valence-electron chi connectivity index (χ2n) is 5.12. The summed E-state index contributed by atoms with van der Waals surface area (Å²) in [6, 6.07) is 6.99. The number of pyridine rings is 1. The lowest BCUT2D eigenvalue weighted by Gasteiger charge is -2.13. The molecule has 0 aromatic heterocycles. The Morgan fingerprint density at radius 3 is 2.79 bits per heavy atom. The van der Waals surface area contributed by atoms with E-state index < -0.39 is 11.5 Å². The highest BCUT2D eigenvalue weighted by Crippen LogP contribution is 2.24. The molecule has 3 rings (SSSR count). The fourth-order valence-corrected chi connectivity index (χ4v) is 2.39. The first-order chi connectivity index (χ1) is 11.5. The Balaban J connectivity index is 2.18. The summed E-state index contributed by atoms with van der Waals surface area (Å²) in [5, 5.41) is 8.88. The summed E-state index contributed by atoms with van der Waals surface area (Å²) in [6.45, 7) is 1.41. The molecule has 2 heterocycles. The lowest BCUT2D eigenvalue weighted by molar-refractivity contribution is -0.114. The van der Waals surface area contributed by atoms with Gasteiger partial charge in [0.05, 0.1) is 12.7 Å². The minimum Gasteiger partial charge on any atom is -0.465 e. The molecular formula is C16H14N4O4. The Morgan fingerprint density at radius 1 is 1.29 bits per heavy atom. The van der Waals surface area contributed by atoms with Gasteiger partial charge in [-0.15, -0.1) is 0 Å². The summed E-state index contributed by atoms with van der Waals surface area (Å²) in [6.07, 6.45) is 3.10. The Bertz CT molecular complexity index is 957. The monoisotopic (exact) mass is 326 g/mol. The van der Waals surface area contributed by atoms with Gasteiger partial charge in [-0.05, 0) is 18.2 Å². The molecule has 0 radical (unpaired) electrons. The summed E-state index contributed by atoms with van der Waals surface area (Å²) < 4.78 is 6.36. The second-order valence-corrected chi connectivity index (χ2v) is 5.12. The van der Waals surface area contributed by atoms with E-state index in [0.29, 0.717) is 11.4 Å². The number of hydrogen-bond acceptors (Lipinski definition) is 5. The molecule has 2 aliphatic heterocycles. The van der Waals surface area contributed by atoms with Crippen LogP contribution in [0, 0.1) is 0 Å². The largest absolute Gasteiger partial charge is 0.465 e. The minimum absolute atomic E-state index is 0.165. The molecule has 0 unspecified atom stereocenters. The first-order valence-electron chi connectivity index (χ1n) is 7.06. The number of aromatic nitrogens is 3. The minimum atomic E-state index is -0.598. The number of carbonyl (C=O) groups excluding carboxylic acids is 2. The molecule has 24 heavy (non-hydrogen) atoms. The van der Waals surface area contributed by atoms with E-state index >= 15 is 0 Å². The number of carbonyl (C=O) groups is 2. The van der Waals surface area contributed by atoms with Gasteiger partial charge < -0.3 is 14.6 Å². The summed E-state index contributed by atoms with van der Waals surface area (Å²) in [7, 11) is 1.26. The molecule has 2 N–H and O–H groups in total. The van der Waals surface area contributed by atoms with Crippen LogP contribution in [0.1, 0.15) is 17.3 Å². The van der Waals surface area contributed by atoms with Crippen molar-refractivity contribution in [3.05, 3.63) is 52.6 Å². The third-order valence-corrected chi connectivity index (χ3v) is 3.43. The quantitative estimate of drug-likeness (QED) is 0.708. The maximum atomic E-state index is 12.0. The van der Waals surface area contributed by atoms with Crippen LogP contribution in [-0.2, 0) is 9.53 Å². The van der Waals surface area contributed by atoms with Gasteiger partial charge in [0.1, 0.15) is 11.3 Å². The summed E-state index contributed by atoms with van der Waals surface area (Å²) in [5.41, 5.74) is 1.54. The van der Waals surface area contributed by atoms with Crippen LogP contribution in [0.2, 0.25) is 0 Å². The Kier molecular flexibility index (Phi) is 3.87. The van der Waals surface area contributed by atoms with Gasteiger partial charge in [0.2, 0.25) is 5.91 Å². The summed E-state index contributed by atoms with van der Waals surface area (Å²) >= 11 is 0. The molecule has 8 heteroatoms. The second kappa shape index (κ2) is 5.99. The van der Waals surface area contributed by atoms with Gasteiger partial charge >= 0.3 is 5.97 Å². The van der Waals surface area contributed by atoms with Crippen LogP contribution in [0.3, 0.4) is 0 Å². The number of nitrogens with zero attached hydrogens (tertiary/aromatic N) is 2. The maximum Gasteiger partial charge on any atom is 0.341 e. The van der Waals surface area contributed by atoms with Crippen molar-refractivity contribution < 1.29 is 14.3 Å². The SMILES string of the molecule is COC(=O)c1cn(-c2cccc(NC(C)=O)c2)cc2c(=O)[nH]nc1-2. The standard InChI is InChI=1S/C16H14N4O4/c1-9(21)17-10-4-3-5-11(6-10)20-7-12-14(18-19-15(12)22)13(8-20)16(23)24-2/h3-8H,1-2H3,(H,17,21)(H,19,22). The normalized spacial score (nSPS) is 10.6. The number of H-pyrrole nitrogens is 1. The van der Waals surface area contributed by atoms with E-state index in [2.05, 4.69) is 15.5 Å². The fourth-order valence-electron chi connectivity index (χ4n) is 2.39. The van der Waals surface area contributed by atoms with Crippen LogP contribution >= 0.6 is 0 Å². The number of esters is 1. The number of amides is 1. The van der Waals surface area contributed by atoms with Crippen molar-refractivity contribution in [2.24, 2.45) is 0 Å². The molecule has 1 aromatic rings. The number of aromatic amines is 1. The van der Waals surface area contributed by atoms with Gasteiger partial charge in [-0.2, -0.15) is 5.10 Å². The highest BCUT2D eigenvalue weighted by Gasteiger charge is 2.22. The van der Waals surface area contributed by atoms with Gasteiger partial charge in [-0.25, -0.2) is 9.89 Å². The molecule has 0 atom stereocenters. The lowest BCUT2D eigenvalue weighted by atomic mass is 10.1. The van der Waals surface area contributed by atoms with Crippen LogP contribution in [0.25, 0.3) is 16.9 Å². The van der Waals surface area contributed by atoms with Crippen molar-refractivity contribution in [3.63, 3.8) is 0 Å². The topological polar surface area (TPSA) is 106 Å². The lowest BCUT2D eigenvalue weighted by Crippen LogP contribution is -2.11. The van der Waals surface area contributed by atoms with Crippen molar-refractivity contribution in [2.45, 2.75) is 6.92 Å². The van der Waals surface area contributed by atoms with Crippen LogP contribution in [0.5, 0.6) is 0 Å². The predicted octanol–water partition coefficient (Wildman–Crippen LogP) is 1.41. The molecule has 8 nitrogen and oxygen atoms in total. The van der Waals surface area contributed by atoms with Gasteiger partial charge in [-0.1, -0.05) is 6.07 Å². The zero-order chi connectivity index (χ0) is 17.3. The van der Waals surface area contributed by atoms with E-state index in [1.54, 1.807) is 35.0 Å². The molecule has 0 saturated carbocycles. The van der Waals surface area contributed by atoms with E-state index in [1.807, 2.05) is 0 Å². The van der Waals surface area contributed by atoms with Crippen molar-refractivity contribution >= 4 is 17.6 Å². The molecular weight excluding hydrogens is 312 g/mol. The van der Waals surface area contributed by atoms with Crippen molar-refractivity contribution in [1.82, 2.24) is 14.8 Å².